The number of fused-ring (bicyclic) bond motifs is 1. The molecular formula is C14H16N4O2S. The van der Waals surface area contributed by atoms with Crippen LogP contribution in [0.4, 0.5) is 4.79 Å². The van der Waals surface area contributed by atoms with E-state index < -0.39 is 17.2 Å². The number of imide groups is 1. The number of urea groups is 1. The first-order chi connectivity index (χ1) is 9.99. The number of rotatable bonds is 4. The van der Waals surface area contributed by atoms with Crippen molar-refractivity contribution >= 4 is 34.6 Å². The number of nitrogens with zero attached hydrogens (tertiary/aromatic N) is 2. The Hall–Kier alpha value is -2.15. The fraction of sp³-hybridized carbons (Fsp3) is 0.286. The van der Waals surface area contributed by atoms with Gasteiger partial charge < -0.3 is 5.73 Å². The summed E-state index contributed by atoms with van der Waals surface area (Å²) >= 11 is 1.31. The standard InChI is InChI=1S/C14H16N4O2S/c1-8(2)11(12(19)18-14(15)20)21-13-9-5-3-4-6-10(9)16-7-17-13/h3-8,11H,1-2H3,(H3,15,18,19,20). The topological polar surface area (TPSA) is 98.0 Å². The second-order valence-electron chi connectivity index (χ2n) is 4.83. The highest BCUT2D eigenvalue weighted by Crippen LogP contribution is 2.31. The van der Waals surface area contributed by atoms with Crippen LogP contribution in [0.15, 0.2) is 35.6 Å². The van der Waals surface area contributed by atoms with Gasteiger partial charge in [0.15, 0.2) is 0 Å². The largest absolute Gasteiger partial charge is 0.351 e. The monoisotopic (exact) mass is 304 g/mol. The van der Waals surface area contributed by atoms with Crippen molar-refractivity contribution in [3.8, 4) is 0 Å². The lowest BCUT2D eigenvalue weighted by atomic mass is 10.1. The van der Waals surface area contributed by atoms with Gasteiger partial charge in [-0.15, -0.1) is 0 Å². The molecule has 0 saturated heterocycles. The zero-order chi connectivity index (χ0) is 15.4. The molecule has 3 amide bonds. The quantitative estimate of drug-likeness (QED) is 0.664. The Kier molecular flexibility index (Phi) is 4.74. The average Bonchev–Trinajstić information content (AvgIpc) is 2.43. The molecule has 0 aliphatic carbocycles. The molecule has 1 unspecified atom stereocenters. The Morgan fingerprint density at radius 1 is 1.24 bits per heavy atom. The Morgan fingerprint density at radius 3 is 2.62 bits per heavy atom. The number of primary amides is 1. The van der Waals surface area contributed by atoms with Gasteiger partial charge in [0.05, 0.1) is 10.8 Å². The van der Waals surface area contributed by atoms with Gasteiger partial charge in [0.1, 0.15) is 11.4 Å². The summed E-state index contributed by atoms with van der Waals surface area (Å²) in [5, 5.41) is 3.25. The van der Waals surface area contributed by atoms with Crippen molar-refractivity contribution in [3.05, 3.63) is 30.6 Å². The molecule has 0 aliphatic heterocycles. The van der Waals surface area contributed by atoms with Crippen LogP contribution in [-0.2, 0) is 4.79 Å². The van der Waals surface area contributed by atoms with Gasteiger partial charge in [-0.1, -0.05) is 43.8 Å². The van der Waals surface area contributed by atoms with Crippen molar-refractivity contribution in [1.82, 2.24) is 15.3 Å². The molecule has 0 aliphatic rings. The van der Waals surface area contributed by atoms with Crippen LogP contribution < -0.4 is 11.1 Å². The highest BCUT2D eigenvalue weighted by atomic mass is 32.2. The van der Waals surface area contributed by atoms with E-state index in [0.29, 0.717) is 5.03 Å². The number of para-hydroxylation sites is 1. The van der Waals surface area contributed by atoms with E-state index >= 15 is 0 Å². The van der Waals surface area contributed by atoms with Crippen molar-refractivity contribution in [1.29, 1.82) is 0 Å². The fourth-order valence-corrected chi connectivity index (χ4v) is 2.97. The van der Waals surface area contributed by atoms with Crippen LogP contribution >= 0.6 is 11.8 Å². The SMILES string of the molecule is CC(C)C(Sc1ncnc2ccccc12)C(=O)NC(N)=O. The van der Waals surface area contributed by atoms with Crippen LogP contribution in [0.25, 0.3) is 10.9 Å². The fourth-order valence-electron chi connectivity index (χ4n) is 1.88. The van der Waals surface area contributed by atoms with Crippen molar-refractivity contribution in [2.24, 2.45) is 11.7 Å². The first-order valence-corrected chi connectivity index (χ1v) is 7.33. The van der Waals surface area contributed by atoms with Gasteiger partial charge in [-0.25, -0.2) is 14.8 Å². The van der Waals surface area contributed by atoms with Crippen LogP contribution in [0.3, 0.4) is 0 Å². The summed E-state index contributed by atoms with van der Waals surface area (Å²) in [4.78, 5) is 31.4. The minimum absolute atomic E-state index is 0.0167. The number of hydrogen-bond donors (Lipinski definition) is 2. The van der Waals surface area contributed by atoms with Gasteiger partial charge in [0, 0.05) is 5.39 Å². The molecule has 1 aromatic carbocycles. The van der Waals surface area contributed by atoms with E-state index in [1.54, 1.807) is 0 Å². The lowest BCUT2D eigenvalue weighted by Crippen LogP contribution is -2.42. The maximum atomic E-state index is 12.1. The Balaban J connectivity index is 2.31. The van der Waals surface area contributed by atoms with Crippen LogP contribution in [0, 0.1) is 5.92 Å². The molecule has 1 aromatic heterocycles. The van der Waals surface area contributed by atoms with E-state index in [2.05, 4.69) is 15.3 Å². The molecule has 110 valence electrons. The van der Waals surface area contributed by atoms with E-state index in [1.807, 2.05) is 38.1 Å². The van der Waals surface area contributed by atoms with E-state index in [-0.39, 0.29) is 5.92 Å². The van der Waals surface area contributed by atoms with Gasteiger partial charge >= 0.3 is 6.03 Å². The summed E-state index contributed by atoms with van der Waals surface area (Å²) in [6, 6.07) is 6.72. The third kappa shape index (κ3) is 3.69. The number of hydrogen-bond acceptors (Lipinski definition) is 5. The van der Waals surface area contributed by atoms with Crippen LogP contribution in [0.5, 0.6) is 0 Å². The highest BCUT2D eigenvalue weighted by Gasteiger charge is 2.25. The minimum Gasteiger partial charge on any atom is -0.351 e. The van der Waals surface area contributed by atoms with Gasteiger partial charge in [0.25, 0.3) is 0 Å². The molecule has 1 atom stereocenters. The molecule has 6 nitrogen and oxygen atoms in total. The van der Waals surface area contributed by atoms with E-state index in [1.165, 1.54) is 18.1 Å². The molecular weight excluding hydrogens is 288 g/mol. The number of benzene rings is 1. The van der Waals surface area contributed by atoms with Crippen LogP contribution in [0.2, 0.25) is 0 Å². The maximum Gasteiger partial charge on any atom is 0.318 e. The number of carbonyl (C=O) groups is 2. The summed E-state index contributed by atoms with van der Waals surface area (Å²) < 4.78 is 0. The smallest absolute Gasteiger partial charge is 0.318 e. The molecule has 21 heavy (non-hydrogen) atoms. The van der Waals surface area contributed by atoms with Gasteiger partial charge in [-0.05, 0) is 12.0 Å². The molecule has 0 saturated carbocycles. The Bertz CT molecular complexity index is 670. The molecule has 7 heteroatoms. The predicted octanol–water partition coefficient (Wildman–Crippen LogP) is 1.94. The number of nitrogens with one attached hydrogen (secondary N) is 1. The summed E-state index contributed by atoms with van der Waals surface area (Å²) in [6.45, 7) is 3.81. The average molecular weight is 304 g/mol. The zero-order valence-electron chi connectivity index (χ0n) is 11.7. The molecule has 1 heterocycles. The van der Waals surface area contributed by atoms with E-state index in [4.69, 9.17) is 5.73 Å². The van der Waals surface area contributed by atoms with Crippen LogP contribution in [-0.4, -0.2) is 27.2 Å². The number of aromatic nitrogens is 2. The van der Waals surface area contributed by atoms with Gasteiger partial charge in [0.2, 0.25) is 5.91 Å². The molecule has 0 fully saturated rings. The number of thioether (sulfide) groups is 1. The molecule has 0 bridgehead atoms. The summed E-state index contributed by atoms with van der Waals surface area (Å²) in [5.74, 6) is -0.395. The normalized spacial score (nSPS) is 12.3. The first-order valence-electron chi connectivity index (χ1n) is 6.45. The number of nitrogens with two attached hydrogens (primary N) is 1. The zero-order valence-corrected chi connectivity index (χ0v) is 12.6. The highest BCUT2D eigenvalue weighted by molar-refractivity contribution is 8.00. The lowest BCUT2D eigenvalue weighted by Gasteiger charge is -2.18. The van der Waals surface area contributed by atoms with Crippen molar-refractivity contribution in [2.45, 2.75) is 24.1 Å². The van der Waals surface area contributed by atoms with E-state index in [0.717, 1.165) is 10.9 Å². The van der Waals surface area contributed by atoms with Crippen molar-refractivity contribution in [2.75, 3.05) is 0 Å². The van der Waals surface area contributed by atoms with Crippen LogP contribution in [0.1, 0.15) is 13.8 Å². The summed E-state index contributed by atoms with van der Waals surface area (Å²) in [5.41, 5.74) is 5.82. The molecule has 0 radical (unpaired) electrons. The number of amides is 3. The Labute approximate surface area is 126 Å². The molecule has 0 spiro atoms. The minimum atomic E-state index is -0.848. The first kappa shape index (κ1) is 15.2. The van der Waals surface area contributed by atoms with Gasteiger partial charge in [-0.2, -0.15) is 0 Å². The van der Waals surface area contributed by atoms with Crippen molar-refractivity contribution < 1.29 is 9.59 Å². The van der Waals surface area contributed by atoms with E-state index in [9.17, 15) is 9.59 Å². The van der Waals surface area contributed by atoms with Crippen molar-refractivity contribution in [3.63, 3.8) is 0 Å². The molecule has 2 rings (SSSR count). The summed E-state index contributed by atoms with van der Waals surface area (Å²) in [6.07, 6.45) is 1.47. The Morgan fingerprint density at radius 2 is 1.95 bits per heavy atom. The maximum absolute atomic E-state index is 12.1. The second-order valence-corrected chi connectivity index (χ2v) is 5.96. The summed E-state index contributed by atoms with van der Waals surface area (Å²) in [7, 11) is 0. The third-order valence-electron chi connectivity index (χ3n) is 2.86. The lowest BCUT2D eigenvalue weighted by molar-refractivity contribution is -0.120. The number of carbonyl (C=O) groups excluding carboxylic acids is 2. The third-order valence-corrected chi connectivity index (χ3v) is 4.42. The second kappa shape index (κ2) is 6.53. The predicted molar refractivity (Wildman–Crippen MR) is 81.7 cm³/mol. The van der Waals surface area contributed by atoms with Gasteiger partial charge in [-0.3, -0.25) is 10.1 Å². The molecule has 2 aromatic rings. The molecule has 3 N–H and O–H groups in total.